The number of ether oxygens (including phenoxy) is 1. The van der Waals surface area contributed by atoms with Gasteiger partial charge in [0.2, 0.25) is 0 Å². The lowest BCUT2D eigenvalue weighted by Crippen LogP contribution is -2.41. The molecule has 0 unspecified atom stereocenters. The summed E-state index contributed by atoms with van der Waals surface area (Å²) in [6.07, 6.45) is 0.710. The summed E-state index contributed by atoms with van der Waals surface area (Å²) < 4.78 is 18.7. The zero-order chi connectivity index (χ0) is 15.4. The number of nitrogens with zero attached hydrogens (tertiary/aromatic N) is 1. The lowest BCUT2D eigenvalue weighted by Gasteiger charge is -2.25. The topological polar surface area (TPSA) is 89.7 Å². The van der Waals surface area contributed by atoms with E-state index in [1.54, 1.807) is 0 Å². The van der Waals surface area contributed by atoms with Crippen molar-refractivity contribution in [3.8, 4) is 5.75 Å². The number of primary amides is 1. The average molecular weight is 294 g/mol. The van der Waals surface area contributed by atoms with E-state index >= 15 is 0 Å². The largest absolute Gasteiger partial charge is 0.484 e. The molecule has 1 aliphatic heterocycles. The lowest BCUT2D eigenvalue weighted by molar-refractivity contribution is -0.136. The second-order valence-electron chi connectivity index (χ2n) is 4.71. The summed E-state index contributed by atoms with van der Waals surface area (Å²) in [5.74, 6) is -1.64. The third-order valence-electron chi connectivity index (χ3n) is 3.24. The fraction of sp³-hybridized carbons (Fsp3) is 0.357. The Bertz CT molecular complexity index is 578. The van der Waals surface area contributed by atoms with Crippen molar-refractivity contribution < 1.29 is 23.5 Å². The van der Waals surface area contributed by atoms with Crippen molar-refractivity contribution in [1.82, 2.24) is 4.90 Å². The van der Waals surface area contributed by atoms with Crippen molar-refractivity contribution in [1.29, 1.82) is 0 Å². The minimum Gasteiger partial charge on any atom is -0.484 e. The van der Waals surface area contributed by atoms with Gasteiger partial charge in [0.05, 0.1) is 5.56 Å². The van der Waals surface area contributed by atoms with Crippen molar-refractivity contribution in [2.45, 2.75) is 12.8 Å². The van der Waals surface area contributed by atoms with Crippen molar-refractivity contribution in [2.24, 2.45) is 5.73 Å². The molecule has 2 amide bonds. The summed E-state index contributed by atoms with van der Waals surface area (Å²) in [5.41, 5.74) is 4.75. The number of piperidine rings is 1. The Kier molecular flexibility index (Phi) is 4.52. The zero-order valence-corrected chi connectivity index (χ0v) is 11.3. The van der Waals surface area contributed by atoms with Crippen LogP contribution < -0.4 is 10.5 Å². The highest BCUT2D eigenvalue weighted by molar-refractivity contribution is 5.93. The van der Waals surface area contributed by atoms with Crippen LogP contribution >= 0.6 is 0 Å². The van der Waals surface area contributed by atoms with Gasteiger partial charge >= 0.3 is 0 Å². The molecule has 1 saturated heterocycles. The SMILES string of the molecule is NC(=O)c1ccc(OCC(=O)N2CCC(=O)CC2)cc1F. The van der Waals surface area contributed by atoms with Gasteiger partial charge in [-0.1, -0.05) is 0 Å². The van der Waals surface area contributed by atoms with Crippen LogP contribution in [0.15, 0.2) is 18.2 Å². The van der Waals surface area contributed by atoms with Crippen LogP contribution in [0.5, 0.6) is 5.75 Å². The first-order valence-electron chi connectivity index (χ1n) is 6.49. The summed E-state index contributed by atoms with van der Waals surface area (Å²) in [7, 11) is 0. The molecule has 6 nitrogen and oxygen atoms in total. The predicted molar refractivity (Wildman–Crippen MR) is 71.2 cm³/mol. The minimum absolute atomic E-state index is 0.138. The quantitative estimate of drug-likeness (QED) is 0.875. The molecule has 1 fully saturated rings. The fourth-order valence-corrected chi connectivity index (χ4v) is 2.03. The van der Waals surface area contributed by atoms with E-state index in [2.05, 4.69) is 0 Å². The monoisotopic (exact) mass is 294 g/mol. The molecule has 0 aliphatic carbocycles. The summed E-state index contributed by atoms with van der Waals surface area (Å²) in [6, 6.07) is 3.58. The molecule has 1 heterocycles. The van der Waals surface area contributed by atoms with Gasteiger partial charge < -0.3 is 15.4 Å². The maximum atomic E-state index is 13.5. The number of amides is 2. The molecule has 0 radical (unpaired) electrons. The maximum Gasteiger partial charge on any atom is 0.260 e. The zero-order valence-electron chi connectivity index (χ0n) is 11.3. The fourth-order valence-electron chi connectivity index (χ4n) is 2.03. The highest BCUT2D eigenvalue weighted by atomic mass is 19.1. The molecule has 0 atom stereocenters. The standard InChI is InChI=1S/C14H15FN2O4/c15-12-7-10(1-2-11(12)14(16)20)21-8-13(19)17-5-3-9(18)4-6-17/h1-2,7H,3-6,8H2,(H2,16,20). The Morgan fingerprint density at radius 1 is 1.29 bits per heavy atom. The number of hydrogen-bond donors (Lipinski definition) is 1. The van der Waals surface area contributed by atoms with E-state index in [9.17, 15) is 18.8 Å². The number of halogens is 1. The number of nitrogens with two attached hydrogens (primary N) is 1. The van der Waals surface area contributed by atoms with Crippen molar-refractivity contribution >= 4 is 17.6 Å². The molecule has 1 aromatic carbocycles. The van der Waals surface area contributed by atoms with E-state index in [0.717, 1.165) is 6.07 Å². The van der Waals surface area contributed by atoms with Gasteiger partial charge in [-0.05, 0) is 12.1 Å². The van der Waals surface area contributed by atoms with Crippen molar-refractivity contribution in [3.05, 3.63) is 29.6 Å². The van der Waals surface area contributed by atoms with Gasteiger partial charge in [-0.15, -0.1) is 0 Å². The lowest BCUT2D eigenvalue weighted by atomic mass is 10.1. The smallest absolute Gasteiger partial charge is 0.260 e. The van der Waals surface area contributed by atoms with Gasteiger partial charge in [0.25, 0.3) is 11.8 Å². The molecule has 0 spiro atoms. The molecule has 2 N–H and O–H groups in total. The van der Waals surface area contributed by atoms with Crippen LogP contribution in [0, 0.1) is 5.82 Å². The Balaban J connectivity index is 1.91. The Morgan fingerprint density at radius 3 is 2.52 bits per heavy atom. The van der Waals surface area contributed by atoms with Crippen LogP contribution in [0.25, 0.3) is 0 Å². The number of likely N-dealkylation sites (tertiary alicyclic amines) is 1. The Morgan fingerprint density at radius 2 is 1.95 bits per heavy atom. The summed E-state index contributed by atoms with van der Waals surface area (Å²) in [5, 5.41) is 0. The molecule has 1 aliphatic rings. The van der Waals surface area contributed by atoms with E-state index in [0.29, 0.717) is 25.9 Å². The first-order valence-corrected chi connectivity index (χ1v) is 6.49. The van der Waals surface area contributed by atoms with Crippen LogP contribution in [-0.4, -0.2) is 42.2 Å². The average Bonchev–Trinajstić information content (AvgIpc) is 2.45. The molecule has 21 heavy (non-hydrogen) atoms. The maximum absolute atomic E-state index is 13.5. The molecule has 2 rings (SSSR count). The highest BCUT2D eigenvalue weighted by Gasteiger charge is 2.21. The van der Waals surface area contributed by atoms with Crippen LogP contribution in [0.1, 0.15) is 23.2 Å². The Hall–Kier alpha value is -2.44. The van der Waals surface area contributed by atoms with Crippen LogP contribution in [0.2, 0.25) is 0 Å². The third-order valence-corrected chi connectivity index (χ3v) is 3.24. The van der Waals surface area contributed by atoms with Gasteiger partial charge in [0, 0.05) is 32.0 Å². The van der Waals surface area contributed by atoms with Gasteiger partial charge in [-0.3, -0.25) is 14.4 Å². The summed E-state index contributed by atoms with van der Waals surface area (Å²) in [4.78, 5) is 35.4. The molecule has 0 saturated carbocycles. The summed E-state index contributed by atoms with van der Waals surface area (Å²) in [6.45, 7) is 0.523. The second-order valence-corrected chi connectivity index (χ2v) is 4.71. The Labute approximate surface area is 120 Å². The van der Waals surface area contributed by atoms with Crippen LogP contribution in [-0.2, 0) is 9.59 Å². The number of Topliss-reactive ketones (excluding diaryl/α,β-unsaturated/α-hetero) is 1. The number of carbonyl (C=O) groups excluding carboxylic acids is 3. The van der Waals surface area contributed by atoms with E-state index in [4.69, 9.17) is 10.5 Å². The molecular formula is C14H15FN2O4. The van der Waals surface area contributed by atoms with Crippen molar-refractivity contribution in [2.75, 3.05) is 19.7 Å². The minimum atomic E-state index is -0.867. The molecule has 0 aromatic heterocycles. The molecule has 7 heteroatoms. The number of hydrogen-bond acceptors (Lipinski definition) is 4. The molecule has 0 bridgehead atoms. The second kappa shape index (κ2) is 6.34. The number of benzene rings is 1. The van der Waals surface area contributed by atoms with Gasteiger partial charge in [0.15, 0.2) is 6.61 Å². The number of rotatable bonds is 4. The summed E-state index contributed by atoms with van der Waals surface area (Å²) >= 11 is 0. The first-order chi connectivity index (χ1) is 9.97. The number of ketones is 1. The highest BCUT2D eigenvalue weighted by Crippen LogP contribution is 2.16. The van der Waals surface area contributed by atoms with E-state index in [1.807, 2.05) is 0 Å². The molecule has 1 aromatic rings. The third kappa shape index (κ3) is 3.77. The van der Waals surface area contributed by atoms with Gasteiger partial charge in [-0.25, -0.2) is 4.39 Å². The normalized spacial score (nSPS) is 14.9. The van der Waals surface area contributed by atoms with Crippen LogP contribution in [0.4, 0.5) is 4.39 Å². The van der Waals surface area contributed by atoms with E-state index in [1.165, 1.54) is 17.0 Å². The number of carbonyl (C=O) groups is 3. The predicted octanol–water partition coefficient (Wildman–Crippen LogP) is 0.495. The molecule has 112 valence electrons. The van der Waals surface area contributed by atoms with E-state index < -0.39 is 11.7 Å². The van der Waals surface area contributed by atoms with Crippen molar-refractivity contribution in [3.63, 3.8) is 0 Å². The van der Waals surface area contributed by atoms with Gasteiger partial charge in [0.1, 0.15) is 17.3 Å². The molecular weight excluding hydrogens is 279 g/mol. The van der Waals surface area contributed by atoms with E-state index in [-0.39, 0.29) is 29.6 Å². The van der Waals surface area contributed by atoms with Crippen LogP contribution in [0.3, 0.4) is 0 Å². The van der Waals surface area contributed by atoms with Gasteiger partial charge in [-0.2, -0.15) is 0 Å². The first kappa shape index (κ1) is 15.0.